The van der Waals surface area contributed by atoms with Crippen LogP contribution in [0.2, 0.25) is 0 Å². The molecule has 0 saturated heterocycles. The van der Waals surface area contributed by atoms with Gasteiger partial charge in [0.2, 0.25) is 5.91 Å². The molecule has 1 atom stereocenters. The molecule has 8 heteroatoms. The van der Waals surface area contributed by atoms with Gasteiger partial charge >= 0.3 is 0 Å². The van der Waals surface area contributed by atoms with Crippen LogP contribution in [0.25, 0.3) is 27.7 Å². The second-order valence-electron chi connectivity index (χ2n) is 8.05. The molecule has 6 nitrogen and oxygen atoms in total. The van der Waals surface area contributed by atoms with E-state index in [0.29, 0.717) is 0 Å². The smallest absolute Gasteiger partial charge is 0.260 e. The largest absolute Gasteiger partial charge is 0.310 e. The fourth-order valence-electron chi connectivity index (χ4n) is 3.96. The number of pyridine rings is 3. The molecule has 1 saturated carbocycles. The molecule has 1 aliphatic rings. The highest BCUT2D eigenvalue weighted by atomic mass is 19.3. The van der Waals surface area contributed by atoms with Gasteiger partial charge in [0, 0.05) is 59.5 Å². The minimum Gasteiger partial charge on any atom is -0.310 e. The van der Waals surface area contributed by atoms with Crippen LogP contribution in [0.1, 0.15) is 31.0 Å². The van der Waals surface area contributed by atoms with Crippen molar-refractivity contribution in [2.24, 2.45) is 5.92 Å². The number of imidazole rings is 1. The molecule has 0 bridgehead atoms. The predicted molar refractivity (Wildman–Crippen MR) is 114 cm³/mol. The zero-order valence-corrected chi connectivity index (χ0v) is 17.2. The van der Waals surface area contributed by atoms with Gasteiger partial charge in [-0.25, -0.2) is 18.7 Å². The Morgan fingerprint density at radius 3 is 2.71 bits per heavy atom. The standard InChI is InChI=1S/C23H21F2N5O/c1-3-4-15-7-13(2)17(12-27-15)16-8-14-11-28-20(29-22(31)18-10-23(18,24)25)9-19(14)30-6-5-26-21(16)30/h5-9,11-12,18H,3-4,10H2,1-2H3,(H,28,29,31). The van der Waals surface area contributed by atoms with Crippen LogP contribution in [-0.2, 0) is 11.2 Å². The van der Waals surface area contributed by atoms with Crippen molar-refractivity contribution in [1.82, 2.24) is 19.4 Å². The van der Waals surface area contributed by atoms with Crippen molar-refractivity contribution in [1.29, 1.82) is 0 Å². The number of alkyl halides is 2. The maximum absolute atomic E-state index is 13.2. The summed E-state index contributed by atoms with van der Waals surface area (Å²) in [5.41, 5.74) is 5.63. The molecule has 1 N–H and O–H groups in total. The lowest BCUT2D eigenvalue weighted by molar-refractivity contribution is -0.119. The Bertz CT molecular complexity index is 1330. The van der Waals surface area contributed by atoms with Gasteiger partial charge in [0.15, 0.2) is 0 Å². The van der Waals surface area contributed by atoms with Crippen molar-refractivity contribution >= 4 is 28.3 Å². The van der Waals surface area contributed by atoms with E-state index >= 15 is 0 Å². The summed E-state index contributed by atoms with van der Waals surface area (Å²) in [6.07, 6.45) is 8.61. The molecule has 1 amide bonds. The van der Waals surface area contributed by atoms with E-state index < -0.39 is 24.2 Å². The van der Waals surface area contributed by atoms with Gasteiger partial charge in [-0.05, 0) is 31.0 Å². The average molecular weight is 421 g/mol. The first-order chi connectivity index (χ1) is 14.9. The third kappa shape index (κ3) is 3.41. The lowest BCUT2D eigenvalue weighted by atomic mass is 10.0. The minimum atomic E-state index is -2.91. The molecule has 1 unspecified atom stereocenters. The number of hydrogen-bond acceptors (Lipinski definition) is 4. The van der Waals surface area contributed by atoms with Crippen molar-refractivity contribution in [3.8, 4) is 11.1 Å². The van der Waals surface area contributed by atoms with E-state index in [1.165, 1.54) is 0 Å². The number of hydrogen-bond donors (Lipinski definition) is 1. The van der Waals surface area contributed by atoms with Gasteiger partial charge in [-0.1, -0.05) is 13.3 Å². The summed E-state index contributed by atoms with van der Waals surface area (Å²) in [5, 5.41) is 3.35. The molecular formula is C23H21F2N5O. The van der Waals surface area contributed by atoms with E-state index in [0.717, 1.165) is 51.8 Å². The molecule has 4 aromatic heterocycles. The summed E-state index contributed by atoms with van der Waals surface area (Å²) in [5.74, 6) is -4.65. The Hall–Kier alpha value is -3.42. The van der Waals surface area contributed by atoms with Crippen molar-refractivity contribution < 1.29 is 13.6 Å². The number of carbonyl (C=O) groups excluding carboxylic acids is 1. The van der Waals surface area contributed by atoms with Crippen LogP contribution in [0.4, 0.5) is 14.6 Å². The molecule has 4 aromatic rings. The fourth-order valence-corrected chi connectivity index (χ4v) is 3.96. The molecule has 1 aliphatic carbocycles. The Morgan fingerprint density at radius 2 is 2.00 bits per heavy atom. The zero-order chi connectivity index (χ0) is 21.8. The summed E-state index contributed by atoms with van der Waals surface area (Å²) >= 11 is 0. The lowest BCUT2D eigenvalue weighted by Gasteiger charge is -2.12. The van der Waals surface area contributed by atoms with Crippen LogP contribution >= 0.6 is 0 Å². The third-order valence-electron chi connectivity index (χ3n) is 5.71. The second-order valence-corrected chi connectivity index (χ2v) is 8.05. The first kappa shape index (κ1) is 19.5. The highest BCUT2D eigenvalue weighted by molar-refractivity contribution is 5.97. The lowest BCUT2D eigenvalue weighted by Crippen LogP contribution is -2.18. The topological polar surface area (TPSA) is 72.2 Å². The Labute approximate surface area is 177 Å². The Morgan fingerprint density at radius 1 is 1.19 bits per heavy atom. The van der Waals surface area contributed by atoms with Crippen LogP contribution in [0, 0.1) is 12.8 Å². The Balaban J connectivity index is 1.56. The number of aryl methyl sites for hydroxylation is 2. The molecule has 0 aliphatic heterocycles. The molecule has 0 aromatic carbocycles. The third-order valence-corrected chi connectivity index (χ3v) is 5.71. The van der Waals surface area contributed by atoms with Gasteiger partial charge in [-0.2, -0.15) is 0 Å². The minimum absolute atomic E-state index is 0.240. The quantitative estimate of drug-likeness (QED) is 0.503. The first-order valence-corrected chi connectivity index (χ1v) is 10.3. The predicted octanol–water partition coefficient (Wildman–Crippen LogP) is 4.80. The first-order valence-electron chi connectivity index (χ1n) is 10.3. The zero-order valence-electron chi connectivity index (χ0n) is 17.2. The summed E-state index contributed by atoms with van der Waals surface area (Å²) < 4.78 is 28.3. The number of nitrogens with one attached hydrogen (secondary N) is 1. The second kappa shape index (κ2) is 7.08. The summed E-state index contributed by atoms with van der Waals surface area (Å²) in [7, 11) is 0. The van der Waals surface area contributed by atoms with Crippen LogP contribution in [0.3, 0.4) is 0 Å². The van der Waals surface area contributed by atoms with E-state index in [1.54, 1.807) is 18.5 Å². The van der Waals surface area contributed by atoms with E-state index in [9.17, 15) is 13.6 Å². The van der Waals surface area contributed by atoms with Crippen LogP contribution < -0.4 is 5.32 Å². The number of fused-ring (bicyclic) bond motifs is 3. The van der Waals surface area contributed by atoms with E-state index in [1.807, 2.05) is 22.9 Å². The molecule has 1 fully saturated rings. The highest BCUT2D eigenvalue weighted by Crippen LogP contribution is 2.49. The van der Waals surface area contributed by atoms with Gasteiger partial charge in [0.25, 0.3) is 5.92 Å². The monoisotopic (exact) mass is 421 g/mol. The number of amides is 1. The normalized spacial score (nSPS) is 17.2. The van der Waals surface area contributed by atoms with Gasteiger partial charge in [0.05, 0.1) is 5.52 Å². The molecule has 0 spiro atoms. The van der Waals surface area contributed by atoms with Crippen LogP contribution in [-0.4, -0.2) is 31.2 Å². The van der Waals surface area contributed by atoms with Crippen molar-refractivity contribution in [2.75, 3.05) is 5.32 Å². The van der Waals surface area contributed by atoms with Crippen molar-refractivity contribution in [3.05, 3.63) is 54.2 Å². The van der Waals surface area contributed by atoms with Crippen LogP contribution in [0.15, 0.2) is 43.0 Å². The molecule has 158 valence electrons. The maximum atomic E-state index is 13.2. The van der Waals surface area contributed by atoms with E-state index in [2.05, 4.69) is 40.2 Å². The average Bonchev–Trinajstić information content (AvgIpc) is 3.13. The van der Waals surface area contributed by atoms with Crippen LogP contribution in [0.5, 0.6) is 0 Å². The van der Waals surface area contributed by atoms with Crippen molar-refractivity contribution in [3.63, 3.8) is 0 Å². The SMILES string of the molecule is CCCc1cc(C)c(-c2cc3cnc(NC(=O)C4CC4(F)F)cc3n3ccnc23)cn1. The van der Waals surface area contributed by atoms with Crippen molar-refractivity contribution in [2.45, 2.75) is 39.0 Å². The van der Waals surface area contributed by atoms with Gasteiger partial charge in [-0.15, -0.1) is 0 Å². The summed E-state index contributed by atoms with van der Waals surface area (Å²) in [6, 6.07) is 5.78. The highest BCUT2D eigenvalue weighted by Gasteiger charge is 2.61. The summed E-state index contributed by atoms with van der Waals surface area (Å²) in [4.78, 5) is 25.4. The van der Waals surface area contributed by atoms with E-state index in [4.69, 9.17) is 0 Å². The number of nitrogens with zero attached hydrogens (tertiary/aromatic N) is 4. The van der Waals surface area contributed by atoms with Gasteiger partial charge < -0.3 is 5.32 Å². The molecule has 31 heavy (non-hydrogen) atoms. The molecular weight excluding hydrogens is 400 g/mol. The molecule has 4 heterocycles. The maximum Gasteiger partial charge on any atom is 0.260 e. The number of rotatable bonds is 5. The Kier molecular flexibility index (Phi) is 4.46. The number of aromatic nitrogens is 4. The number of anilines is 1. The summed E-state index contributed by atoms with van der Waals surface area (Å²) in [6.45, 7) is 4.19. The molecule has 0 radical (unpaired) electrons. The molecule has 5 rings (SSSR count). The number of halogens is 2. The fraction of sp³-hybridized carbons (Fsp3) is 0.304. The van der Waals surface area contributed by atoms with Gasteiger partial charge in [0.1, 0.15) is 17.4 Å². The number of carbonyl (C=O) groups is 1. The van der Waals surface area contributed by atoms with Gasteiger partial charge in [-0.3, -0.25) is 14.2 Å². The van der Waals surface area contributed by atoms with E-state index in [-0.39, 0.29) is 5.82 Å².